The normalized spacial score (nSPS) is 10.6. The summed E-state index contributed by atoms with van der Waals surface area (Å²) >= 11 is 0. The molecule has 134 valence electrons. The molecule has 2 aromatic carbocycles. The number of carbonyl (C=O) groups is 1. The summed E-state index contributed by atoms with van der Waals surface area (Å²) < 4.78 is 47.2. The van der Waals surface area contributed by atoms with Crippen LogP contribution in [-0.2, 0) is 17.8 Å². The molecule has 0 aliphatic heterocycles. The van der Waals surface area contributed by atoms with Crippen molar-refractivity contribution < 1.29 is 27.4 Å². The third-order valence-corrected chi connectivity index (χ3v) is 3.56. The zero-order valence-electron chi connectivity index (χ0n) is 13.8. The summed E-state index contributed by atoms with van der Waals surface area (Å²) in [7, 11) is 2.95. The minimum atomic E-state index is -2.97. The minimum Gasteiger partial charge on any atom is -0.493 e. The number of likely N-dealkylation sites (N-methyl/N-ethyl adjacent to an activating group) is 1. The second-order valence-electron chi connectivity index (χ2n) is 5.42. The molecule has 0 radical (unpaired) electrons. The minimum absolute atomic E-state index is 0.0885. The number of methoxy groups -OCH3 is 1. The molecule has 4 nitrogen and oxygen atoms in total. The van der Waals surface area contributed by atoms with Gasteiger partial charge in [0.15, 0.2) is 11.5 Å². The fourth-order valence-corrected chi connectivity index (χ4v) is 2.28. The van der Waals surface area contributed by atoms with Crippen molar-refractivity contribution in [3.8, 4) is 11.5 Å². The molecule has 0 N–H and O–H groups in total. The van der Waals surface area contributed by atoms with E-state index >= 15 is 0 Å². The number of hydrogen-bond donors (Lipinski definition) is 0. The van der Waals surface area contributed by atoms with Crippen LogP contribution in [0, 0.1) is 5.82 Å². The molecule has 0 spiro atoms. The summed E-state index contributed by atoms with van der Waals surface area (Å²) in [5.41, 5.74) is 1.31. The first-order valence-corrected chi connectivity index (χ1v) is 7.49. The van der Waals surface area contributed by atoms with E-state index in [9.17, 15) is 18.0 Å². The van der Waals surface area contributed by atoms with Gasteiger partial charge < -0.3 is 14.4 Å². The van der Waals surface area contributed by atoms with Crippen molar-refractivity contribution in [2.24, 2.45) is 0 Å². The molecule has 0 aromatic heterocycles. The van der Waals surface area contributed by atoms with Gasteiger partial charge in [-0.1, -0.05) is 18.2 Å². The van der Waals surface area contributed by atoms with Gasteiger partial charge in [-0.3, -0.25) is 4.79 Å². The van der Waals surface area contributed by atoms with E-state index in [0.717, 1.165) is 0 Å². The maximum absolute atomic E-state index is 12.9. The first kappa shape index (κ1) is 18.6. The van der Waals surface area contributed by atoms with Gasteiger partial charge in [-0.2, -0.15) is 8.78 Å². The first-order chi connectivity index (χ1) is 11.9. The Morgan fingerprint density at radius 1 is 1.08 bits per heavy atom. The largest absolute Gasteiger partial charge is 0.493 e. The maximum atomic E-state index is 12.9. The van der Waals surface area contributed by atoms with Crippen LogP contribution in [0.5, 0.6) is 11.5 Å². The summed E-state index contributed by atoms with van der Waals surface area (Å²) in [6.07, 6.45) is 0.118. The smallest absolute Gasteiger partial charge is 0.387 e. The quantitative estimate of drug-likeness (QED) is 0.763. The molecule has 0 heterocycles. The summed E-state index contributed by atoms with van der Waals surface area (Å²) in [5, 5.41) is 0. The molecule has 2 aromatic rings. The predicted octanol–water partition coefficient (Wildman–Crippen LogP) is 3.64. The van der Waals surface area contributed by atoms with Crippen LogP contribution in [0.3, 0.4) is 0 Å². The molecule has 0 saturated heterocycles. The number of nitrogens with zero attached hydrogens (tertiary/aromatic N) is 1. The summed E-state index contributed by atoms with van der Waals surface area (Å²) in [5.74, 6) is -0.452. The maximum Gasteiger partial charge on any atom is 0.387 e. The summed E-state index contributed by atoms with van der Waals surface area (Å²) in [4.78, 5) is 13.7. The van der Waals surface area contributed by atoms with E-state index in [1.807, 2.05) is 0 Å². The highest BCUT2D eigenvalue weighted by atomic mass is 19.3. The lowest BCUT2D eigenvalue weighted by Crippen LogP contribution is -2.27. The molecular formula is C18H18F3NO3. The van der Waals surface area contributed by atoms with E-state index < -0.39 is 6.61 Å². The number of alkyl halides is 2. The molecule has 2 rings (SSSR count). The van der Waals surface area contributed by atoms with Gasteiger partial charge in [0.25, 0.3) is 0 Å². The van der Waals surface area contributed by atoms with Crippen LogP contribution >= 0.6 is 0 Å². The number of hydrogen-bond acceptors (Lipinski definition) is 3. The summed E-state index contributed by atoms with van der Waals surface area (Å²) in [6.45, 7) is -2.76. The lowest BCUT2D eigenvalue weighted by Gasteiger charge is -2.18. The Morgan fingerprint density at radius 2 is 1.72 bits per heavy atom. The number of carbonyl (C=O) groups excluding carboxylic acids is 1. The Balaban J connectivity index is 2.04. The SMILES string of the molecule is COc1ccc(CN(C)C(=O)Cc2ccc(F)cc2)cc1OC(F)F. The zero-order chi connectivity index (χ0) is 18.4. The fraction of sp³-hybridized carbons (Fsp3) is 0.278. The Morgan fingerprint density at radius 3 is 2.32 bits per heavy atom. The van der Waals surface area contributed by atoms with Crippen molar-refractivity contribution >= 4 is 5.91 Å². The van der Waals surface area contributed by atoms with Crippen LogP contribution in [-0.4, -0.2) is 31.6 Å². The Kier molecular flexibility index (Phi) is 6.27. The molecule has 0 bridgehead atoms. The van der Waals surface area contributed by atoms with Crippen molar-refractivity contribution in [1.82, 2.24) is 4.90 Å². The van der Waals surface area contributed by atoms with Gasteiger partial charge in [0.2, 0.25) is 5.91 Å². The first-order valence-electron chi connectivity index (χ1n) is 7.49. The van der Waals surface area contributed by atoms with E-state index in [1.165, 1.54) is 36.3 Å². The third-order valence-electron chi connectivity index (χ3n) is 3.56. The van der Waals surface area contributed by atoms with E-state index in [4.69, 9.17) is 4.74 Å². The van der Waals surface area contributed by atoms with Crippen molar-refractivity contribution in [1.29, 1.82) is 0 Å². The molecule has 0 aliphatic rings. The molecule has 0 fully saturated rings. The number of rotatable bonds is 7. The van der Waals surface area contributed by atoms with E-state index in [2.05, 4.69) is 4.74 Å². The molecular weight excluding hydrogens is 335 g/mol. The van der Waals surface area contributed by atoms with Crippen molar-refractivity contribution in [3.05, 3.63) is 59.4 Å². The zero-order valence-corrected chi connectivity index (χ0v) is 13.8. The average molecular weight is 353 g/mol. The van der Waals surface area contributed by atoms with Crippen LogP contribution in [0.1, 0.15) is 11.1 Å². The van der Waals surface area contributed by atoms with Crippen molar-refractivity contribution in [2.45, 2.75) is 19.6 Å². The van der Waals surface area contributed by atoms with Crippen LogP contribution in [0.4, 0.5) is 13.2 Å². The van der Waals surface area contributed by atoms with Gasteiger partial charge in [-0.25, -0.2) is 4.39 Å². The molecule has 25 heavy (non-hydrogen) atoms. The Hall–Kier alpha value is -2.70. The van der Waals surface area contributed by atoms with Gasteiger partial charge in [0.05, 0.1) is 13.5 Å². The molecule has 0 unspecified atom stereocenters. The van der Waals surface area contributed by atoms with Crippen LogP contribution in [0.2, 0.25) is 0 Å². The monoisotopic (exact) mass is 353 g/mol. The summed E-state index contributed by atoms with van der Waals surface area (Å²) in [6, 6.07) is 10.3. The van der Waals surface area contributed by atoms with Gasteiger partial charge in [-0.05, 0) is 35.4 Å². The molecule has 0 aliphatic carbocycles. The number of benzene rings is 2. The van der Waals surface area contributed by atoms with Crippen LogP contribution in [0.25, 0.3) is 0 Å². The van der Waals surface area contributed by atoms with Gasteiger partial charge in [-0.15, -0.1) is 0 Å². The number of amides is 1. The average Bonchev–Trinajstić information content (AvgIpc) is 2.56. The number of ether oxygens (including phenoxy) is 2. The molecule has 1 amide bonds. The predicted molar refractivity (Wildman–Crippen MR) is 86.2 cm³/mol. The molecule has 7 heteroatoms. The lowest BCUT2D eigenvalue weighted by atomic mass is 10.1. The van der Waals surface area contributed by atoms with Gasteiger partial charge in [0.1, 0.15) is 5.82 Å². The highest BCUT2D eigenvalue weighted by molar-refractivity contribution is 5.78. The van der Waals surface area contributed by atoms with E-state index in [1.54, 1.807) is 25.2 Å². The molecule has 0 saturated carbocycles. The van der Waals surface area contributed by atoms with Crippen molar-refractivity contribution in [3.63, 3.8) is 0 Å². The topological polar surface area (TPSA) is 38.8 Å². The van der Waals surface area contributed by atoms with Gasteiger partial charge in [0, 0.05) is 13.6 Å². The lowest BCUT2D eigenvalue weighted by molar-refractivity contribution is -0.129. The second kappa shape index (κ2) is 8.41. The van der Waals surface area contributed by atoms with E-state index in [-0.39, 0.29) is 36.2 Å². The van der Waals surface area contributed by atoms with Crippen LogP contribution < -0.4 is 9.47 Å². The Labute approximate surface area is 143 Å². The number of halogens is 3. The fourth-order valence-electron chi connectivity index (χ4n) is 2.28. The third kappa shape index (κ3) is 5.41. The van der Waals surface area contributed by atoms with E-state index in [0.29, 0.717) is 11.1 Å². The molecule has 0 atom stereocenters. The van der Waals surface area contributed by atoms with Gasteiger partial charge >= 0.3 is 6.61 Å². The standard InChI is InChI=1S/C18H18F3NO3/c1-22(17(23)10-12-3-6-14(19)7-4-12)11-13-5-8-15(24-2)16(9-13)25-18(20)21/h3-9,18H,10-11H2,1-2H3. The highest BCUT2D eigenvalue weighted by Gasteiger charge is 2.14. The highest BCUT2D eigenvalue weighted by Crippen LogP contribution is 2.29. The Bertz CT molecular complexity index is 720. The van der Waals surface area contributed by atoms with Crippen molar-refractivity contribution in [2.75, 3.05) is 14.2 Å². The second-order valence-corrected chi connectivity index (χ2v) is 5.42. The van der Waals surface area contributed by atoms with Crippen LogP contribution in [0.15, 0.2) is 42.5 Å².